The molecule has 0 spiro atoms. The summed E-state index contributed by atoms with van der Waals surface area (Å²) >= 11 is 0. The van der Waals surface area contributed by atoms with Crippen LogP contribution in [-0.2, 0) is 9.59 Å². The monoisotopic (exact) mass is 457 g/mol. The van der Waals surface area contributed by atoms with Crippen molar-refractivity contribution in [3.8, 4) is 28.7 Å². The third-order valence-corrected chi connectivity index (χ3v) is 5.39. The number of benzene rings is 2. The van der Waals surface area contributed by atoms with Gasteiger partial charge in [-0.3, -0.25) is 25.2 Å². The molecular weight excluding hydrogens is 434 g/mol. The van der Waals surface area contributed by atoms with Gasteiger partial charge in [0.1, 0.15) is 0 Å². The van der Waals surface area contributed by atoms with E-state index in [-0.39, 0.29) is 31.2 Å². The van der Waals surface area contributed by atoms with Crippen molar-refractivity contribution in [2.45, 2.75) is 6.42 Å². The third kappa shape index (κ3) is 4.29. The van der Waals surface area contributed by atoms with E-state index < -0.39 is 17.7 Å². The fourth-order valence-corrected chi connectivity index (χ4v) is 3.69. The van der Waals surface area contributed by atoms with E-state index >= 15 is 0 Å². The molecule has 2 N–H and O–H groups in total. The van der Waals surface area contributed by atoms with Crippen LogP contribution in [0.15, 0.2) is 30.3 Å². The van der Waals surface area contributed by atoms with Crippen molar-refractivity contribution in [2.24, 2.45) is 5.92 Å². The molecule has 4 rings (SSSR count). The second kappa shape index (κ2) is 9.15. The molecule has 1 atom stereocenters. The maximum Gasteiger partial charge on any atom is 0.269 e. The number of hydrogen-bond acceptors (Lipinski definition) is 8. The van der Waals surface area contributed by atoms with Crippen molar-refractivity contribution in [3.05, 3.63) is 35.9 Å². The Hall–Kier alpha value is -4.15. The summed E-state index contributed by atoms with van der Waals surface area (Å²) in [6.45, 7) is 0.299. The van der Waals surface area contributed by atoms with Crippen LogP contribution in [0, 0.1) is 5.92 Å². The van der Waals surface area contributed by atoms with E-state index in [4.69, 9.17) is 23.7 Å². The fourth-order valence-electron chi connectivity index (χ4n) is 3.69. The van der Waals surface area contributed by atoms with Crippen LogP contribution in [-0.4, -0.2) is 52.4 Å². The Morgan fingerprint density at radius 3 is 2.33 bits per heavy atom. The molecule has 1 saturated heterocycles. The minimum atomic E-state index is -0.636. The van der Waals surface area contributed by atoms with E-state index in [9.17, 15) is 14.4 Å². The van der Waals surface area contributed by atoms with E-state index in [0.717, 1.165) is 0 Å². The highest BCUT2D eigenvalue weighted by Crippen LogP contribution is 2.38. The van der Waals surface area contributed by atoms with Crippen LogP contribution in [0.2, 0.25) is 0 Å². The maximum absolute atomic E-state index is 12.6. The highest BCUT2D eigenvalue weighted by atomic mass is 16.7. The first kappa shape index (κ1) is 22.1. The van der Waals surface area contributed by atoms with Gasteiger partial charge in [0.2, 0.25) is 24.4 Å². The normalized spacial score (nSPS) is 16.4. The van der Waals surface area contributed by atoms with Gasteiger partial charge >= 0.3 is 0 Å². The molecule has 33 heavy (non-hydrogen) atoms. The number of carbonyl (C=O) groups is 3. The second-order valence-corrected chi connectivity index (χ2v) is 7.30. The molecule has 0 bridgehead atoms. The van der Waals surface area contributed by atoms with Crippen LogP contribution in [0.25, 0.3) is 0 Å². The molecule has 11 heteroatoms. The molecule has 3 amide bonds. The third-order valence-electron chi connectivity index (χ3n) is 5.39. The molecule has 11 nitrogen and oxygen atoms in total. The molecule has 0 aliphatic carbocycles. The number of hydrazine groups is 1. The highest BCUT2D eigenvalue weighted by Gasteiger charge is 2.36. The lowest BCUT2D eigenvalue weighted by Crippen LogP contribution is -2.45. The average Bonchev–Trinajstić information content (AvgIpc) is 3.47. The number of fused-ring (bicyclic) bond motifs is 1. The Balaban J connectivity index is 1.39. The van der Waals surface area contributed by atoms with Gasteiger partial charge in [-0.25, -0.2) is 0 Å². The predicted molar refractivity (Wildman–Crippen MR) is 115 cm³/mol. The molecule has 2 heterocycles. The molecule has 2 aromatic carbocycles. The molecule has 1 fully saturated rings. The van der Waals surface area contributed by atoms with Gasteiger partial charge in [0, 0.05) is 30.3 Å². The summed E-state index contributed by atoms with van der Waals surface area (Å²) in [5, 5.41) is 0. The first-order valence-corrected chi connectivity index (χ1v) is 10.0. The molecule has 0 aromatic heterocycles. The van der Waals surface area contributed by atoms with Crippen LogP contribution in [0.1, 0.15) is 16.8 Å². The van der Waals surface area contributed by atoms with Gasteiger partial charge in [-0.15, -0.1) is 0 Å². The number of anilines is 1. The minimum Gasteiger partial charge on any atom is -0.493 e. The van der Waals surface area contributed by atoms with Crippen molar-refractivity contribution in [1.82, 2.24) is 10.9 Å². The number of nitrogens with zero attached hydrogens (tertiary/aromatic N) is 1. The first-order chi connectivity index (χ1) is 15.9. The molecule has 2 aliphatic heterocycles. The Labute approximate surface area is 189 Å². The molecule has 0 radical (unpaired) electrons. The van der Waals surface area contributed by atoms with Crippen LogP contribution < -0.4 is 39.4 Å². The van der Waals surface area contributed by atoms with Crippen LogP contribution in [0.3, 0.4) is 0 Å². The number of methoxy groups -OCH3 is 3. The van der Waals surface area contributed by atoms with Crippen molar-refractivity contribution >= 4 is 23.4 Å². The SMILES string of the molecule is COc1cc(C(=O)NNC(=O)C2CC(=O)N(c3ccc4c(c3)OCO4)C2)cc(OC)c1OC. The van der Waals surface area contributed by atoms with E-state index in [1.54, 1.807) is 18.2 Å². The number of rotatable bonds is 6. The quantitative estimate of drug-likeness (QED) is 0.621. The summed E-state index contributed by atoms with van der Waals surface area (Å²) < 4.78 is 26.3. The Morgan fingerprint density at radius 2 is 1.67 bits per heavy atom. The van der Waals surface area contributed by atoms with Gasteiger partial charge in [-0.05, 0) is 24.3 Å². The Morgan fingerprint density at radius 1 is 0.970 bits per heavy atom. The lowest BCUT2D eigenvalue weighted by molar-refractivity contribution is -0.126. The van der Waals surface area contributed by atoms with Gasteiger partial charge in [0.25, 0.3) is 5.91 Å². The highest BCUT2D eigenvalue weighted by molar-refractivity contribution is 6.01. The Bertz CT molecular complexity index is 1080. The zero-order valence-corrected chi connectivity index (χ0v) is 18.3. The maximum atomic E-state index is 12.6. The lowest BCUT2D eigenvalue weighted by Gasteiger charge is -2.17. The van der Waals surface area contributed by atoms with Gasteiger partial charge in [-0.2, -0.15) is 0 Å². The molecule has 0 saturated carbocycles. The lowest BCUT2D eigenvalue weighted by atomic mass is 10.1. The fraction of sp³-hybridized carbons (Fsp3) is 0.318. The molecule has 1 unspecified atom stereocenters. The Kier molecular flexibility index (Phi) is 6.11. The standard InChI is InChI=1S/C22H23N3O8/c1-29-17-6-12(7-18(30-2)20(17)31-3)21(27)23-24-22(28)13-8-19(26)25(10-13)14-4-5-15-16(9-14)33-11-32-15/h4-7,9,13H,8,10-11H2,1-3H3,(H,23,27)(H,24,28). The molecule has 2 aromatic rings. The number of nitrogens with one attached hydrogen (secondary N) is 2. The van der Waals surface area contributed by atoms with Crippen LogP contribution in [0.5, 0.6) is 28.7 Å². The largest absolute Gasteiger partial charge is 0.493 e. The second-order valence-electron chi connectivity index (χ2n) is 7.30. The van der Waals surface area contributed by atoms with Crippen molar-refractivity contribution in [3.63, 3.8) is 0 Å². The summed E-state index contributed by atoms with van der Waals surface area (Å²) in [6.07, 6.45) is 0.0142. The summed E-state index contributed by atoms with van der Waals surface area (Å²) in [6, 6.07) is 8.08. The van der Waals surface area contributed by atoms with Crippen molar-refractivity contribution in [2.75, 3.05) is 39.6 Å². The van der Waals surface area contributed by atoms with E-state index in [0.29, 0.717) is 34.4 Å². The van der Waals surface area contributed by atoms with Crippen LogP contribution >= 0.6 is 0 Å². The summed E-state index contributed by atoms with van der Waals surface area (Å²) in [7, 11) is 4.32. The first-order valence-electron chi connectivity index (χ1n) is 10.0. The number of hydrogen-bond donors (Lipinski definition) is 2. The topological polar surface area (TPSA) is 125 Å². The van der Waals surface area contributed by atoms with Gasteiger partial charge < -0.3 is 28.6 Å². The summed E-state index contributed by atoms with van der Waals surface area (Å²) in [5.41, 5.74) is 5.55. The number of amides is 3. The summed E-state index contributed by atoms with van der Waals surface area (Å²) in [5.74, 6) is 0.192. The predicted octanol–water partition coefficient (Wildman–Crippen LogP) is 1.26. The molecule has 2 aliphatic rings. The van der Waals surface area contributed by atoms with Crippen molar-refractivity contribution in [1.29, 1.82) is 0 Å². The van der Waals surface area contributed by atoms with E-state index in [1.165, 1.54) is 38.4 Å². The summed E-state index contributed by atoms with van der Waals surface area (Å²) in [4.78, 5) is 39.2. The zero-order chi connectivity index (χ0) is 23.5. The number of ether oxygens (including phenoxy) is 5. The average molecular weight is 457 g/mol. The zero-order valence-electron chi connectivity index (χ0n) is 18.3. The number of carbonyl (C=O) groups excluding carboxylic acids is 3. The van der Waals surface area contributed by atoms with Gasteiger partial charge in [-0.1, -0.05) is 0 Å². The van der Waals surface area contributed by atoms with Gasteiger partial charge in [0.15, 0.2) is 23.0 Å². The van der Waals surface area contributed by atoms with E-state index in [2.05, 4.69) is 10.9 Å². The molecular formula is C22H23N3O8. The molecule has 174 valence electrons. The van der Waals surface area contributed by atoms with E-state index in [1.807, 2.05) is 0 Å². The van der Waals surface area contributed by atoms with Crippen LogP contribution in [0.4, 0.5) is 5.69 Å². The minimum absolute atomic E-state index is 0.0142. The van der Waals surface area contributed by atoms with Gasteiger partial charge in [0.05, 0.1) is 27.2 Å². The van der Waals surface area contributed by atoms with Crippen molar-refractivity contribution < 1.29 is 38.1 Å². The smallest absolute Gasteiger partial charge is 0.269 e.